The lowest BCUT2D eigenvalue weighted by molar-refractivity contribution is -0.137. The highest BCUT2D eigenvalue weighted by Crippen LogP contribution is 2.41. The molecule has 0 aliphatic carbocycles. The van der Waals surface area contributed by atoms with Crippen molar-refractivity contribution in [2.24, 2.45) is 4.99 Å². The third-order valence-corrected chi connectivity index (χ3v) is 4.63. The summed E-state index contributed by atoms with van der Waals surface area (Å²) in [4.78, 5) is 7.94. The molecular formula is C20H23ClF3N3. The van der Waals surface area contributed by atoms with Crippen molar-refractivity contribution in [2.45, 2.75) is 26.9 Å². The zero-order valence-corrected chi connectivity index (χ0v) is 16.8. The molecule has 2 rings (SSSR count). The van der Waals surface area contributed by atoms with Crippen molar-refractivity contribution < 1.29 is 13.2 Å². The molecule has 0 N–H and O–H groups in total. The van der Waals surface area contributed by atoms with Gasteiger partial charge in [0, 0.05) is 31.4 Å². The Morgan fingerprint density at radius 3 is 2.30 bits per heavy atom. The monoisotopic (exact) mass is 397 g/mol. The molecule has 0 radical (unpaired) electrons. The Morgan fingerprint density at radius 1 is 1.04 bits per heavy atom. The van der Waals surface area contributed by atoms with Gasteiger partial charge >= 0.3 is 6.18 Å². The molecule has 0 bridgehead atoms. The Morgan fingerprint density at radius 2 is 1.70 bits per heavy atom. The fourth-order valence-corrected chi connectivity index (χ4v) is 2.86. The molecule has 0 saturated carbocycles. The second kappa shape index (κ2) is 8.21. The molecule has 0 amide bonds. The van der Waals surface area contributed by atoms with E-state index in [0.717, 1.165) is 29.4 Å². The van der Waals surface area contributed by atoms with Gasteiger partial charge in [-0.05, 0) is 62.2 Å². The summed E-state index contributed by atoms with van der Waals surface area (Å²) in [5.74, 6) is 0. The molecule has 0 saturated heterocycles. The van der Waals surface area contributed by atoms with Crippen molar-refractivity contribution in [3.8, 4) is 0 Å². The number of nitrogens with zero attached hydrogens (tertiary/aromatic N) is 3. The molecule has 2 aromatic rings. The summed E-state index contributed by atoms with van der Waals surface area (Å²) >= 11 is 5.78. The fourth-order valence-electron chi connectivity index (χ4n) is 2.69. The zero-order chi connectivity index (χ0) is 20.4. The number of halogens is 4. The number of hydrogen-bond acceptors (Lipinski definition) is 2. The highest BCUT2D eigenvalue weighted by molar-refractivity contribution is 6.30. The minimum absolute atomic E-state index is 0.0522. The maximum Gasteiger partial charge on any atom is 0.418 e. The largest absolute Gasteiger partial charge is 0.418 e. The van der Waals surface area contributed by atoms with E-state index in [9.17, 15) is 13.2 Å². The van der Waals surface area contributed by atoms with E-state index in [0.29, 0.717) is 5.69 Å². The van der Waals surface area contributed by atoms with Crippen LogP contribution in [0.5, 0.6) is 0 Å². The maximum atomic E-state index is 13.4. The van der Waals surface area contributed by atoms with Crippen LogP contribution in [0, 0.1) is 13.8 Å². The fraction of sp³-hybridized carbons (Fsp3) is 0.350. The van der Waals surface area contributed by atoms with Gasteiger partial charge in [-0.2, -0.15) is 13.2 Å². The van der Waals surface area contributed by atoms with Crippen LogP contribution in [-0.2, 0) is 6.18 Å². The number of anilines is 2. The predicted octanol–water partition coefficient (Wildman–Crippen LogP) is 6.36. The Balaban J connectivity index is 2.48. The van der Waals surface area contributed by atoms with Crippen molar-refractivity contribution in [3.63, 3.8) is 0 Å². The van der Waals surface area contributed by atoms with Crippen LogP contribution in [0.2, 0.25) is 5.02 Å². The summed E-state index contributed by atoms with van der Waals surface area (Å²) in [5.41, 5.74) is 2.47. The average molecular weight is 398 g/mol. The first-order valence-corrected chi connectivity index (χ1v) is 8.88. The van der Waals surface area contributed by atoms with Gasteiger partial charge in [-0.1, -0.05) is 11.6 Å². The van der Waals surface area contributed by atoms with Crippen LogP contribution in [0.3, 0.4) is 0 Å². The molecule has 0 spiro atoms. The molecule has 3 nitrogen and oxygen atoms in total. The van der Waals surface area contributed by atoms with Crippen LogP contribution in [0.25, 0.3) is 0 Å². The first-order valence-electron chi connectivity index (χ1n) is 8.50. The van der Waals surface area contributed by atoms with Crippen LogP contribution in [-0.4, -0.2) is 31.9 Å². The lowest BCUT2D eigenvalue weighted by Gasteiger charge is -2.26. The van der Waals surface area contributed by atoms with E-state index in [1.807, 2.05) is 44.9 Å². The Bertz CT molecular complexity index is 847. The summed E-state index contributed by atoms with van der Waals surface area (Å²) < 4.78 is 40.3. The molecule has 7 heteroatoms. The van der Waals surface area contributed by atoms with Crippen LogP contribution < -0.4 is 4.90 Å². The normalized spacial score (nSPS) is 11.9. The van der Waals surface area contributed by atoms with Crippen molar-refractivity contribution >= 4 is 35.0 Å². The van der Waals surface area contributed by atoms with E-state index >= 15 is 0 Å². The van der Waals surface area contributed by atoms with E-state index in [-0.39, 0.29) is 10.7 Å². The number of aryl methyl sites for hydroxylation is 2. The van der Waals surface area contributed by atoms with Crippen LogP contribution in [0.4, 0.5) is 30.2 Å². The lowest BCUT2D eigenvalue weighted by Crippen LogP contribution is -2.17. The summed E-state index contributed by atoms with van der Waals surface area (Å²) in [5, 5.41) is 0.0529. The highest BCUT2D eigenvalue weighted by atomic mass is 35.5. The smallest absolute Gasteiger partial charge is 0.366 e. The van der Waals surface area contributed by atoms with E-state index in [4.69, 9.17) is 11.6 Å². The minimum Gasteiger partial charge on any atom is -0.366 e. The van der Waals surface area contributed by atoms with Gasteiger partial charge < -0.3 is 9.80 Å². The van der Waals surface area contributed by atoms with E-state index in [1.165, 1.54) is 17.0 Å². The first kappa shape index (κ1) is 21.1. The summed E-state index contributed by atoms with van der Waals surface area (Å²) in [6.07, 6.45) is -2.75. The molecular weight excluding hydrogens is 375 g/mol. The minimum atomic E-state index is -4.49. The standard InChI is InChI=1S/C20H23ClF3N3/c1-6-26(4)12-25-17-9-14(3)19(10-13(17)2)27(5)18-8-7-15(21)11-16(18)20(22,23)24/h7-12H,6H2,1-5H3. The van der Waals surface area contributed by atoms with E-state index < -0.39 is 11.7 Å². The second-order valence-electron chi connectivity index (χ2n) is 6.46. The SMILES string of the molecule is CCN(C)C=Nc1cc(C)c(N(C)c2ccc(Cl)cc2C(F)(F)F)cc1C. The van der Waals surface area contributed by atoms with Crippen LogP contribution >= 0.6 is 11.6 Å². The number of alkyl halides is 3. The van der Waals surface area contributed by atoms with E-state index in [2.05, 4.69) is 4.99 Å². The molecule has 0 aromatic heterocycles. The Hall–Kier alpha value is -2.21. The van der Waals surface area contributed by atoms with Gasteiger partial charge in [0.25, 0.3) is 0 Å². The molecule has 146 valence electrons. The van der Waals surface area contributed by atoms with Crippen LogP contribution in [0.1, 0.15) is 23.6 Å². The quantitative estimate of drug-likeness (QED) is 0.432. The predicted molar refractivity (Wildman–Crippen MR) is 107 cm³/mol. The average Bonchev–Trinajstić information content (AvgIpc) is 2.60. The van der Waals surface area contributed by atoms with Gasteiger partial charge in [-0.3, -0.25) is 0 Å². The summed E-state index contributed by atoms with van der Waals surface area (Å²) in [6.45, 7) is 6.60. The van der Waals surface area contributed by atoms with Gasteiger partial charge in [0.1, 0.15) is 0 Å². The van der Waals surface area contributed by atoms with Gasteiger partial charge in [-0.25, -0.2) is 4.99 Å². The van der Waals surface area contributed by atoms with Gasteiger partial charge in [0.2, 0.25) is 0 Å². The maximum absolute atomic E-state index is 13.4. The molecule has 0 unspecified atom stereocenters. The van der Waals surface area contributed by atoms with E-state index in [1.54, 1.807) is 13.4 Å². The molecule has 2 aromatic carbocycles. The second-order valence-corrected chi connectivity index (χ2v) is 6.90. The number of benzene rings is 2. The van der Waals surface area contributed by atoms with Crippen molar-refractivity contribution in [2.75, 3.05) is 25.5 Å². The number of aliphatic imine (C=N–C) groups is 1. The summed E-state index contributed by atoms with van der Waals surface area (Å²) in [6, 6.07) is 7.54. The third kappa shape index (κ3) is 4.95. The molecule has 0 fully saturated rings. The Kier molecular flexibility index (Phi) is 6.42. The molecule has 0 aliphatic heterocycles. The third-order valence-electron chi connectivity index (χ3n) is 4.39. The van der Waals surface area contributed by atoms with Crippen molar-refractivity contribution in [1.29, 1.82) is 0 Å². The molecule has 0 aliphatic rings. The molecule has 27 heavy (non-hydrogen) atoms. The summed E-state index contributed by atoms with van der Waals surface area (Å²) in [7, 11) is 3.54. The molecule has 0 atom stereocenters. The van der Waals surface area contributed by atoms with Gasteiger partial charge in [0.05, 0.1) is 23.3 Å². The first-order chi connectivity index (χ1) is 12.5. The van der Waals surface area contributed by atoms with Gasteiger partial charge in [0.15, 0.2) is 0 Å². The van der Waals surface area contributed by atoms with Crippen molar-refractivity contribution in [1.82, 2.24) is 4.90 Å². The lowest BCUT2D eigenvalue weighted by atomic mass is 10.1. The van der Waals surface area contributed by atoms with Crippen LogP contribution in [0.15, 0.2) is 35.3 Å². The molecule has 0 heterocycles. The zero-order valence-electron chi connectivity index (χ0n) is 16.0. The highest BCUT2D eigenvalue weighted by Gasteiger charge is 2.35. The van der Waals surface area contributed by atoms with Gasteiger partial charge in [-0.15, -0.1) is 0 Å². The number of hydrogen-bond donors (Lipinski definition) is 0. The topological polar surface area (TPSA) is 18.8 Å². The Labute approximate surface area is 163 Å². The van der Waals surface area contributed by atoms with Crippen molar-refractivity contribution in [3.05, 3.63) is 52.0 Å². The number of rotatable bonds is 5.